The standard InChI is InChI=1S/C21H26BrNO5S/c1-5-27-20(24)12-28-19-9-7-16(10-14(19)2)29(25,26)23-13-21(3,4)17-11-15(22)6-8-18(17)23/h6-11,20,24H,5,12-13H2,1-4H3. The molecule has 8 heteroatoms. The minimum absolute atomic E-state index is 0.0245. The number of hydrogen-bond donors (Lipinski definition) is 1. The molecule has 1 unspecified atom stereocenters. The summed E-state index contributed by atoms with van der Waals surface area (Å²) < 4.78 is 39.8. The van der Waals surface area contributed by atoms with E-state index in [0.717, 1.165) is 10.0 Å². The van der Waals surface area contributed by atoms with Crippen molar-refractivity contribution in [3.63, 3.8) is 0 Å². The molecule has 0 aliphatic carbocycles. The van der Waals surface area contributed by atoms with Crippen LogP contribution in [0, 0.1) is 6.92 Å². The fourth-order valence-corrected chi connectivity index (χ4v) is 5.58. The largest absolute Gasteiger partial charge is 0.488 e. The number of aryl methyl sites for hydroxylation is 1. The van der Waals surface area contributed by atoms with Crippen molar-refractivity contribution in [3.8, 4) is 5.75 Å². The first kappa shape index (κ1) is 22.1. The lowest BCUT2D eigenvalue weighted by atomic mass is 9.87. The van der Waals surface area contributed by atoms with Gasteiger partial charge in [0.15, 0.2) is 6.29 Å². The molecule has 6 nitrogen and oxygen atoms in total. The minimum Gasteiger partial charge on any atom is -0.488 e. The van der Waals surface area contributed by atoms with Gasteiger partial charge in [-0.1, -0.05) is 29.8 Å². The average Bonchev–Trinajstić information content (AvgIpc) is 2.92. The number of halogens is 1. The Labute approximate surface area is 180 Å². The molecule has 1 atom stereocenters. The van der Waals surface area contributed by atoms with Gasteiger partial charge in [0.2, 0.25) is 0 Å². The van der Waals surface area contributed by atoms with Crippen molar-refractivity contribution in [2.75, 3.05) is 24.1 Å². The number of aliphatic hydroxyl groups is 1. The molecule has 0 radical (unpaired) electrons. The Morgan fingerprint density at radius 3 is 2.62 bits per heavy atom. The van der Waals surface area contributed by atoms with E-state index in [-0.39, 0.29) is 16.9 Å². The summed E-state index contributed by atoms with van der Waals surface area (Å²) in [5.41, 5.74) is 2.08. The van der Waals surface area contributed by atoms with Crippen LogP contribution in [0.2, 0.25) is 0 Å². The Hall–Kier alpha value is -1.61. The Morgan fingerprint density at radius 1 is 1.24 bits per heavy atom. The van der Waals surface area contributed by atoms with Crippen molar-refractivity contribution in [3.05, 3.63) is 52.0 Å². The Kier molecular flexibility index (Phi) is 6.29. The molecule has 1 heterocycles. The van der Waals surface area contributed by atoms with E-state index in [4.69, 9.17) is 9.47 Å². The highest BCUT2D eigenvalue weighted by Crippen LogP contribution is 2.44. The molecule has 0 spiro atoms. The van der Waals surface area contributed by atoms with Gasteiger partial charge in [0, 0.05) is 23.0 Å². The van der Waals surface area contributed by atoms with Crippen LogP contribution in [0.3, 0.4) is 0 Å². The maximum Gasteiger partial charge on any atom is 0.264 e. The molecular weight excluding hydrogens is 458 g/mol. The van der Waals surface area contributed by atoms with Crippen LogP contribution in [0.1, 0.15) is 31.9 Å². The number of rotatable bonds is 7. The highest BCUT2D eigenvalue weighted by atomic mass is 79.9. The summed E-state index contributed by atoms with van der Waals surface area (Å²) in [6.07, 6.45) is -1.02. The quantitative estimate of drug-likeness (QED) is 0.602. The highest BCUT2D eigenvalue weighted by Gasteiger charge is 2.41. The third kappa shape index (κ3) is 4.45. The molecule has 1 aliphatic rings. The molecule has 0 aromatic heterocycles. The van der Waals surface area contributed by atoms with Gasteiger partial charge < -0.3 is 14.6 Å². The van der Waals surface area contributed by atoms with Gasteiger partial charge in [0.25, 0.3) is 10.0 Å². The van der Waals surface area contributed by atoms with Gasteiger partial charge in [-0.3, -0.25) is 4.31 Å². The Bertz CT molecular complexity index is 1010. The number of hydrogen-bond acceptors (Lipinski definition) is 5. The Balaban J connectivity index is 1.88. The zero-order valence-corrected chi connectivity index (χ0v) is 19.4. The molecule has 0 amide bonds. The van der Waals surface area contributed by atoms with Gasteiger partial charge in [0.05, 0.1) is 10.6 Å². The van der Waals surface area contributed by atoms with Crippen LogP contribution in [-0.4, -0.2) is 39.6 Å². The first-order valence-corrected chi connectivity index (χ1v) is 11.7. The van der Waals surface area contributed by atoms with Crippen molar-refractivity contribution >= 4 is 31.6 Å². The summed E-state index contributed by atoms with van der Waals surface area (Å²) >= 11 is 3.48. The molecule has 0 bridgehead atoms. The minimum atomic E-state index is -3.73. The zero-order valence-electron chi connectivity index (χ0n) is 17.0. The fraction of sp³-hybridized carbons (Fsp3) is 0.429. The van der Waals surface area contributed by atoms with Crippen LogP contribution in [-0.2, 0) is 20.2 Å². The topological polar surface area (TPSA) is 76.1 Å². The van der Waals surface area contributed by atoms with E-state index >= 15 is 0 Å². The number of benzene rings is 2. The maximum absolute atomic E-state index is 13.4. The van der Waals surface area contributed by atoms with Crippen molar-refractivity contribution in [2.24, 2.45) is 0 Å². The smallest absolute Gasteiger partial charge is 0.264 e. The third-order valence-corrected chi connectivity index (χ3v) is 7.22. The SMILES string of the molecule is CCOC(O)COc1ccc(S(=O)(=O)N2CC(C)(C)c3cc(Br)ccc32)cc1C. The summed E-state index contributed by atoms with van der Waals surface area (Å²) in [4.78, 5) is 0.208. The van der Waals surface area contributed by atoms with Crippen LogP contribution in [0.15, 0.2) is 45.8 Å². The van der Waals surface area contributed by atoms with Gasteiger partial charge in [-0.25, -0.2) is 8.42 Å². The van der Waals surface area contributed by atoms with E-state index < -0.39 is 16.3 Å². The molecule has 0 saturated heterocycles. The second-order valence-corrected chi connectivity index (χ2v) is 10.5. The summed E-state index contributed by atoms with van der Waals surface area (Å²) in [6, 6.07) is 10.4. The van der Waals surface area contributed by atoms with E-state index in [1.165, 1.54) is 10.4 Å². The number of sulfonamides is 1. The summed E-state index contributed by atoms with van der Waals surface area (Å²) in [7, 11) is -3.73. The van der Waals surface area contributed by atoms with Crippen molar-refractivity contribution in [1.82, 2.24) is 0 Å². The van der Waals surface area contributed by atoms with E-state index in [1.54, 1.807) is 26.0 Å². The first-order valence-electron chi connectivity index (χ1n) is 9.42. The maximum atomic E-state index is 13.4. The van der Waals surface area contributed by atoms with Crippen LogP contribution in [0.4, 0.5) is 5.69 Å². The van der Waals surface area contributed by atoms with Gasteiger partial charge >= 0.3 is 0 Å². The highest BCUT2D eigenvalue weighted by molar-refractivity contribution is 9.10. The molecular formula is C21H26BrNO5S. The molecule has 2 aromatic carbocycles. The predicted molar refractivity (Wildman–Crippen MR) is 116 cm³/mol. The second kappa shape index (κ2) is 8.26. The fourth-order valence-electron chi connectivity index (χ4n) is 3.48. The van der Waals surface area contributed by atoms with Gasteiger partial charge in [-0.2, -0.15) is 0 Å². The lowest BCUT2D eigenvalue weighted by molar-refractivity contribution is -0.115. The molecule has 158 valence electrons. The lowest BCUT2D eigenvalue weighted by Crippen LogP contribution is -2.34. The molecule has 0 saturated carbocycles. The zero-order chi connectivity index (χ0) is 21.4. The van der Waals surface area contributed by atoms with Crippen molar-refractivity contribution in [2.45, 2.75) is 44.3 Å². The average molecular weight is 484 g/mol. The summed E-state index contributed by atoms with van der Waals surface area (Å²) in [6.45, 7) is 8.37. The number of nitrogens with zero attached hydrogens (tertiary/aromatic N) is 1. The van der Waals surface area contributed by atoms with E-state index in [9.17, 15) is 13.5 Å². The van der Waals surface area contributed by atoms with Crippen LogP contribution >= 0.6 is 15.9 Å². The molecule has 2 aromatic rings. The van der Waals surface area contributed by atoms with Crippen LogP contribution in [0.5, 0.6) is 5.75 Å². The summed E-state index contributed by atoms with van der Waals surface area (Å²) in [5.74, 6) is 0.508. The molecule has 3 rings (SSSR count). The van der Waals surface area contributed by atoms with Gasteiger partial charge in [-0.05, 0) is 61.4 Å². The number of ether oxygens (including phenoxy) is 2. The molecule has 29 heavy (non-hydrogen) atoms. The summed E-state index contributed by atoms with van der Waals surface area (Å²) in [5, 5.41) is 9.64. The normalized spacial score (nSPS) is 16.6. The first-order chi connectivity index (χ1) is 13.6. The van der Waals surface area contributed by atoms with Crippen LogP contribution < -0.4 is 9.04 Å². The van der Waals surface area contributed by atoms with E-state index in [0.29, 0.717) is 30.2 Å². The lowest BCUT2D eigenvalue weighted by Gasteiger charge is -2.23. The molecule has 1 N–H and O–H groups in total. The third-order valence-electron chi connectivity index (χ3n) is 4.97. The van der Waals surface area contributed by atoms with Crippen molar-refractivity contribution < 1.29 is 23.0 Å². The van der Waals surface area contributed by atoms with Gasteiger partial charge in [0.1, 0.15) is 12.4 Å². The number of aliphatic hydroxyl groups excluding tert-OH is 1. The van der Waals surface area contributed by atoms with Gasteiger partial charge in [-0.15, -0.1) is 0 Å². The van der Waals surface area contributed by atoms with E-state index in [1.807, 2.05) is 32.0 Å². The molecule has 0 fully saturated rings. The predicted octanol–water partition coefficient (Wildman–Crippen LogP) is 3.98. The number of fused-ring (bicyclic) bond motifs is 1. The second-order valence-electron chi connectivity index (χ2n) is 7.71. The van der Waals surface area contributed by atoms with Crippen LogP contribution in [0.25, 0.3) is 0 Å². The van der Waals surface area contributed by atoms with E-state index in [2.05, 4.69) is 15.9 Å². The number of anilines is 1. The Morgan fingerprint density at radius 2 is 1.97 bits per heavy atom. The van der Waals surface area contributed by atoms with Crippen molar-refractivity contribution in [1.29, 1.82) is 0 Å². The molecule has 1 aliphatic heterocycles. The monoisotopic (exact) mass is 483 g/mol.